The van der Waals surface area contributed by atoms with Crippen molar-refractivity contribution < 1.29 is 25.0 Å². The molecule has 0 aliphatic rings. The zero-order chi connectivity index (χ0) is 12.3. The van der Waals surface area contributed by atoms with E-state index in [1.807, 2.05) is 0 Å². The number of nitrogens with zero attached hydrogens (tertiary/aromatic N) is 1. The number of phenols is 2. The van der Waals surface area contributed by atoms with Gasteiger partial charge in [-0.1, -0.05) is 0 Å². The Morgan fingerprint density at radius 1 is 1.31 bits per heavy atom. The summed E-state index contributed by atoms with van der Waals surface area (Å²) in [5.74, 6) is -2.48. The zero-order valence-corrected chi connectivity index (χ0v) is 7.82. The zero-order valence-electron chi connectivity index (χ0n) is 7.82. The van der Waals surface area contributed by atoms with E-state index in [1.54, 1.807) is 0 Å². The standard InChI is InChI=1S/C9H7NO6/c11-7-3-5(1-2-9(13)14)6(10(15)16)4-8(7)12/h1-4,11-12H,(H,13,14)/b2-1+. The van der Waals surface area contributed by atoms with Crippen molar-refractivity contribution in [3.05, 3.63) is 33.9 Å². The van der Waals surface area contributed by atoms with E-state index >= 15 is 0 Å². The van der Waals surface area contributed by atoms with Gasteiger partial charge in [-0.3, -0.25) is 10.1 Å². The molecule has 84 valence electrons. The van der Waals surface area contributed by atoms with Gasteiger partial charge >= 0.3 is 5.97 Å². The number of nitro groups is 1. The number of hydrogen-bond acceptors (Lipinski definition) is 5. The van der Waals surface area contributed by atoms with Crippen LogP contribution in [0.3, 0.4) is 0 Å². The molecule has 7 nitrogen and oxygen atoms in total. The summed E-state index contributed by atoms with van der Waals surface area (Å²) in [5, 5.41) is 37.1. The first kappa shape index (κ1) is 11.5. The first-order chi connectivity index (χ1) is 7.41. The largest absolute Gasteiger partial charge is 0.504 e. The number of carbonyl (C=O) groups is 1. The van der Waals surface area contributed by atoms with Crippen LogP contribution in [-0.2, 0) is 4.79 Å². The Balaban J connectivity index is 3.30. The molecule has 0 fully saturated rings. The number of carboxylic acids is 1. The number of phenolic OH excluding ortho intramolecular Hbond substituents is 2. The molecule has 0 aromatic heterocycles. The van der Waals surface area contributed by atoms with Gasteiger partial charge in [-0.2, -0.15) is 0 Å². The average molecular weight is 225 g/mol. The minimum atomic E-state index is -1.28. The molecule has 0 aliphatic heterocycles. The average Bonchev–Trinajstić information content (AvgIpc) is 2.18. The van der Waals surface area contributed by atoms with Crippen LogP contribution in [0.2, 0.25) is 0 Å². The van der Waals surface area contributed by atoms with Gasteiger partial charge in [0.25, 0.3) is 5.69 Å². The smallest absolute Gasteiger partial charge is 0.328 e. The maximum atomic E-state index is 10.6. The molecule has 1 rings (SSSR count). The Morgan fingerprint density at radius 3 is 2.38 bits per heavy atom. The highest BCUT2D eigenvalue weighted by Crippen LogP contribution is 2.33. The van der Waals surface area contributed by atoms with Crippen LogP contribution in [0.1, 0.15) is 5.56 Å². The van der Waals surface area contributed by atoms with E-state index in [0.717, 1.165) is 18.2 Å². The predicted molar refractivity (Wildman–Crippen MR) is 53.1 cm³/mol. The van der Waals surface area contributed by atoms with Crippen molar-refractivity contribution in [3.63, 3.8) is 0 Å². The van der Waals surface area contributed by atoms with Gasteiger partial charge in [-0.15, -0.1) is 0 Å². The minimum Gasteiger partial charge on any atom is -0.504 e. The summed E-state index contributed by atoms with van der Waals surface area (Å²) in [7, 11) is 0. The highest BCUT2D eigenvalue weighted by Gasteiger charge is 2.15. The van der Waals surface area contributed by atoms with Crippen LogP contribution >= 0.6 is 0 Å². The van der Waals surface area contributed by atoms with E-state index in [-0.39, 0.29) is 5.56 Å². The summed E-state index contributed by atoms with van der Waals surface area (Å²) in [5.41, 5.74) is -0.601. The lowest BCUT2D eigenvalue weighted by Gasteiger charge is -2.00. The van der Waals surface area contributed by atoms with Crippen LogP contribution < -0.4 is 0 Å². The van der Waals surface area contributed by atoms with Gasteiger partial charge < -0.3 is 15.3 Å². The molecule has 1 aromatic carbocycles. The van der Waals surface area contributed by atoms with E-state index in [9.17, 15) is 14.9 Å². The van der Waals surface area contributed by atoms with Crippen LogP contribution in [0, 0.1) is 10.1 Å². The molecule has 0 bridgehead atoms. The fourth-order valence-corrected chi connectivity index (χ4v) is 1.03. The molecule has 0 saturated carbocycles. The van der Waals surface area contributed by atoms with E-state index in [4.69, 9.17) is 15.3 Å². The van der Waals surface area contributed by atoms with Crippen LogP contribution in [0.4, 0.5) is 5.69 Å². The van der Waals surface area contributed by atoms with Gasteiger partial charge in [0.05, 0.1) is 16.6 Å². The molecule has 0 aliphatic carbocycles. The summed E-state index contributed by atoms with van der Waals surface area (Å²) in [6.45, 7) is 0. The molecule has 7 heteroatoms. The quantitative estimate of drug-likeness (QED) is 0.306. The fourth-order valence-electron chi connectivity index (χ4n) is 1.03. The molecule has 0 spiro atoms. The van der Waals surface area contributed by atoms with E-state index in [1.165, 1.54) is 0 Å². The summed E-state index contributed by atoms with van der Waals surface area (Å²) >= 11 is 0. The Morgan fingerprint density at radius 2 is 1.88 bits per heavy atom. The third-order valence-corrected chi connectivity index (χ3v) is 1.73. The Kier molecular flexibility index (Phi) is 3.09. The molecule has 0 radical (unpaired) electrons. The summed E-state index contributed by atoms with van der Waals surface area (Å²) < 4.78 is 0. The third-order valence-electron chi connectivity index (χ3n) is 1.73. The Bertz CT molecular complexity index is 479. The van der Waals surface area contributed by atoms with Crippen molar-refractivity contribution in [1.82, 2.24) is 0 Å². The Hall–Kier alpha value is -2.57. The highest BCUT2D eigenvalue weighted by atomic mass is 16.6. The maximum Gasteiger partial charge on any atom is 0.328 e. The number of hydrogen-bond donors (Lipinski definition) is 3. The number of nitro benzene ring substituents is 1. The molecule has 0 heterocycles. The molecular formula is C9H7NO6. The lowest BCUT2D eigenvalue weighted by molar-refractivity contribution is -0.385. The van der Waals surface area contributed by atoms with Gasteiger partial charge in [0, 0.05) is 6.08 Å². The number of benzene rings is 1. The summed E-state index contributed by atoms with van der Waals surface area (Å²) in [6, 6.07) is 1.66. The highest BCUT2D eigenvalue weighted by molar-refractivity contribution is 5.86. The van der Waals surface area contributed by atoms with Crippen molar-refractivity contribution >= 4 is 17.7 Å². The lowest BCUT2D eigenvalue weighted by atomic mass is 10.1. The molecule has 1 aromatic rings. The van der Waals surface area contributed by atoms with Crippen molar-refractivity contribution in [2.45, 2.75) is 0 Å². The van der Waals surface area contributed by atoms with E-state index in [0.29, 0.717) is 6.08 Å². The van der Waals surface area contributed by atoms with Gasteiger partial charge in [0.2, 0.25) is 0 Å². The Labute approximate surface area is 89.0 Å². The van der Waals surface area contributed by atoms with Crippen molar-refractivity contribution in [2.24, 2.45) is 0 Å². The SMILES string of the molecule is O=C(O)/C=C/c1cc(O)c(O)cc1[N+](=O)[O-]. The van der Waals surface area contributed by atoms with E-state index < -0.39 is 28.1 Å². The first-order valence-electron chi connectivity index (χ1n) is 4.03. The van der Waals surface area contributed by atoms with Crippen LogP contribution in [0.5, 0.6) is 11.5 Å². The van der Waals surface area contributed by atoms with Gasteiger partial charge in [-0.05, 0) is 12.1 Å². The molecule has 0 amide bonds. The molecular weight excluding hydrogens is 218 g/mol. The number of rotatable bonds is 3. The summed E-state index contributed by atoms with van der Waals surface area (Å²) in [4.78, 5) is 20.0. The normalized spacial score (nSPS) is 10.5. The maximum absolute atomic E-state index is 10.6. The molecule has 3 N–H and O–H groups in total. The third kappa shape index (κ3) is 2.47. The molecule has 0 unspecified atom stereocenters. The first-order valence-corrected chi connectivity index (χ1v) is 4.03. The van der Waals surface area contributed by atoms with Crippen LogP contribution in [0.25, 0.3) is 6.08 Å². The second kappa shape index (κ2) is 4.30. The van der Waals surface area contributed by atoms with Crippen molar-refractivity contribution in [1.29, 1.82) is 0 Å². The second-order valence-corrected chi connectivity index (χ2v) is 2.83. The lowest BCUT2D eigenvalue weighted by Crippen LogP contribution is -1.92. The molecule has 16 heavy (non-hydrogen) atoms. The van der Waals surface area contributed by atoms with Crippen molar-refractivity contribution in [3.8, 4) is 11.5 Å². The van der Waals surface area contributed by atoms with Crippen LogP contribution in [-0.4, -0.2) is 26.2 Å². The fraction of sp³-hybridized carbons (Fsp3) is 0. The van der Waals surface area contributed by atoms with Crippen LogP contribution in [0.15, 0.2) is 18.2 Å². The predicted octanol–water partition coefficient (Wildman–Crippen LogP) is 1.10. The molecule has 0 saturated heterocycles. The number of aliphatic carboxylic acids is 1. The van der Waals surface area contributed by atoms with E-state index in [2.05, 4.69) is 0 Å². The van der Waals surface area contributed by atoms with Gasteiger partial charge in [-0.25, -0.2) is 4.79 Å². The van der Waals surface area contributed by atoms with Gasteiger partial charge in [0.15, 0.2) is 11.5 Å². The monoisotopic (exact) mass is 225 g/mol. The molecule has 0 atom stereocenters. The second-order valence-electron chi connectivity index (χ2n) is 2.83. The number of carboxylic acid groups (broad SMARTS) is 1. The van der Waals surface area contributed by atoms with Crippen molar-refractivity contribution in [2.75, 3.05) is 0 Å². The topological polar surface area (TPSA) is 121 Å². The minimum absolute atomic E-state index is 0.109. The number of aromatic hydroxyl groups is 2. The summed E-state index contributed by atoms with van der Waals surface area (Å²) in [6.07, 6.45) is 1.65. The van der Waals surface area contributed by atoms with Gasteiger partial charge in [0.1, 0.15) is 0 Å².